The summed E-state index contributed by atoms with van der Waals surface area (Å²) in [6, 6.07) is 7.26. The van der Waals surface area contributed by atoms with E-state index >= 15 is 0 Å². The van der Waals surface area contributed by atoms with Gasteiger partial charge in [-0.1, -0.05) is 6.07 Å². The molecular weight excluding hydrogens is 753 g/mol. The second-order valence-corrected chi connectivity index (χ2v) is 16.2. The molecule has 58 heavy (non-hydrogen) atoms. The molecule has 2 N–H and O–H groups in total. The number of nitrogens with zero attached hydrogens (tertiary/aromatic N) is 9. The Kier molecular flexibility index (Phi) is 10.1. The van der Waals surface area contributed by atoms with Gasteiger partial charge >= 0.3 is 5.69 Å². The third kappa shape index (κ3) is 6.95. The number of amides is 3. The van der Waals surface area contributed by atoms with Gasteiger partial charge in [0.15, 0.2) is 11.3 Å². The number of aromatic nitrogens is 7. The van der Waals surface area contributed by atoms with Crippen LogP contribution >= 0.6 is 0 Å². The summed E-state index contributed by atoms with van der Waals surface area (Å²) < 4.78 is 40.0. The van der Waals surface area contributed by atoms with Crippen LogP contribution in [0.25, 0.3) is 16.7 Å². The minimum absolute atomic E-state index is 0.0126. The van der Waals surface area contributed by atoms with Gasteiger partial charge in [-0.2, -0.15) is 10.2 Å². The fourth-order valence-corrected chi connectivity index (χ4v) is 9.32. The average molecular weight is 800 g/mol. The lowest BCUT2D eigenvalue weighted by Crippen LogP contribution is -2.45. The van der Waals surface area contributed by atoms with Crippen molar-refractivity contribution in [2.45, 2.75) is 81.8 Å². The van der Waals surface area contributed by atoms with E-state index in [4.69, 9.17) is 4.74 Å². The van der Waals surface area contributed by atoms with Crippen LogP contribution in [-0.4, -0.2) is 102 Å². The first kappa shape index (κ1) is 38.1. The molecular formula is C40H47F2N11O5. The standard InChI is InChI=1S/C40H47F2N11O5/c1-48(25-12-15-50(16-13-25)30-4-3-5-31-35(30)49(2)40(57)53(31)32-10-11-33(54)46-39(32)56)19-23-6-8-26(9-7-23)52-20-29(34(47-52)36(41)42)45-38(55)27-18-43-51-17-14-28(44-37(27)51)24-21-58-22-24/h3-5,14,17-18,20,23-26,32,36H,6-13,15-16,19,21-22H2,1-2H3,(H,45,55)(H,46,54,56)/t23-,26-,32?. The third-order valence-electron chi connectivity index (χ3n) is 12.7. The summed E-state index contributed by atoms with van der Waals surface area (Å²) in [5.41, 5.74) is 3.02. The number of alkyl halides is 2. The van der Waals surface area contributed by atoms with Crippen LogP contribution in [0.4, 0.5) is 20.2 Å². The number of hydrogen-bond donors (Lipinski definition) is 2. The van der Waals surface area contributed by atoms with Gasteiger partial charge in [0.1, 0.15) is 11.6 Å². The van der Waals surface area contributed by atoms with E-state index in [1.807, 2.05) is 24.3 Å². The van der Waals surface area contributed by atoms with E-state index in [-0.39, 0.29) is 41.2 Å². The number of carbonyl (C=O) groups is 3. The van der Waals surface area contributed by atoms with Crippen molar-refractivity contribution in [1.29, 1.82) is 0 Å². The van der Waals surface area contributed by atoms with E-state index in [1.165, 1.54) is 21.5 Å². The normalized spacial score (nSPS) is 22.3. The highest BCUT2D eigenvalue weighted by molar-refractivity contribution is 6.08. The molecule has 4 aliphatic rings. The molecule has 3 amide bonds. The zero-order valence-corrected chi connectivity index (χ0v) is 32.5. The monoisotopic (exact) mass is 799 g/mol. The number of para-hydroxylation sites is 1. The number of hydrogen-bond acceptors (Lipinski definition) is 10. The molecule has 18 heteroatoms. The van der Waals surface area contributed by atoms with Gasteiger partial charge in [0.25, 0.3) is 12.3 Å². The molecule has 1 aromatic carbocycles. The van der Waals surface area contributed by atoms with Gasteiger partial charge in [-0.3, -0.25) is 33.5 Å². The maximum Gasteiger partial charge on any atom is 0.329 e. The molecule has 3 aliphatic heterocycles. The van der Waals surface area contributed by atoms with Gasteiger partial charge in [-0.15, -0.1) is 0 Å². The molecule has 4 fully saturated rings. The second-order valence-electron chi connectivity index (χ2n) is 16.2. The van der Waals surface area contributed by atoms with Crippen LogP contribution in [0.1, 0.15) is 97.5 Å². The molecule has 1 atom stereocenters. The van der Waals surface area contributed by atoms with E-state index in [0.717, 1.165) is 75.1 Å². The van der Waals surface area contributed by atoms with Crippen LogP contribution in [0.3, 0.4) is 0 Å². The first-order valence-electron chi connectivity index (χ1n) is 20.1. The molecule has 9 rings (SSSR count). The number of ether oxygens (including phenoxy) is 1. The highest BCUT2D eigenvalue weighted by Gasteiger charge is 2.34. The number of imidazole rings is 1. The van der Waals surface area contributed by atoms with Gasteiger partial charge < -0.3 is 19.9 Å². The van der Waals surface area contributed by atoms with Crippen molar-refractivity contribution in [3.8, 4) is 0 Å². The van der Waals surface area contributed by atoms with Crippen molar-refractivity contribution in [3.05, 3.63) is 70.3 Å². The topological polar surface area (TPSA) is 166 Å². The number of imide groups is 1. The smallest absolute Gasteiger partial charge is 0.329 e. The molecule has 1 unspecified atom stereocenters. The minimum atomic E-state index is -2.86. The van der Waals surface area contributed by atoms with E-state index in [9.17, 15) is 28.0 Å². The highest BCUT2D eigenvalue weighted by Crippen LogP contribution is 2.37. The Labute approximate surface area is 332 Å². The fourth-order valence-electron chi connectivity index (χ4n) is 9.32. The Balaban J connectivity index is 0.802. The van der Waals surface area contributed by atoms with Gasteiger partial charge in [0.2, 0.25) is 11.8 Å². The molecule has 1 saturated carbocycles. The van der Waals surface area contributed by atoms with Crippen molar-refractivity contribution < 1.29 is 27.9 Å². The number of nitrogens with one attached hydrogen (secondary N) is 2. The Morgan fingerprint density at radius 2 is 1.83 bits per heavy atom. The number of halogens is 2. The van der Waals surface area contributed by atoms with Crippen molar-refractivity contribution in [3.63, 3.8) is 0 Å². The van der Waals surface area contributed by atoms with Gasteiger partial charge in [-0.05, 0) is 76.1 Å². The molecule has 16 nitrogen and oxygen atoms in total. The largest absolute Gasteiger partial charge is 0.380 e. The summed E-state index contributed by atoms with van der Waals surface area (Å²) >= 11 is 0. The van der Waals surface area contributed by atoms with Crippen molar-refractivity contribution in [2.75, 3.05) is 50.1 Å². The number of piperidine rings is 2. The lowest BCUT2D eigenvalue weighted by Gasteiger charge is -2.40. The summed E-state index contributed by atoms with van der Waals surface area (Å²) in [4.78, 5) is 60.7. The summed E-state index contributed by atoms with van der Waals surface area (Å²) in [6.45, 7) is 3.68. The molecule has 1 aliphatic carbocycles. The maximum atomic E-state index is 14.2. The summed E-state index contributed by atoms with van der Waals surface area (Å²) in [5, 5.41) is 13.5. The van der Waals surface area contributed by atoms with Crippen LogP contribution in [-0.2, 0) is 21.4 Å². The van der Waals surface area contributed by atoms with Gasteiger partial charge in [-0.25, -0.2) is 23.1 Å². The molecule has 0 radical (unpaired) electrons. The Bertz CT molecular complexity index is 2440. The molecule has 3 saturated heterocycles. The predicted octanol–water partition coefficient (Wildman–Crippen LogP) is 4.19. The lowest BCUT2D eigenvalue weighted by atomic mass is 9.85. The lowest BCUT2D eigenvalue weighted by molar-refractivity contribution is -0.135. The van der Waals surface area contributed by atoms with Gasteiger partial charge in [0, 0.05) is 57.5 Å². The number of anilines is 2. The van der Waals surface area contributed by atoms with Crippen LogP contribution in [0, 0.1) is 5.92 Å². The minimum Gasteiger partial charge on any atom is -0.380 e. The van der Waals surface area contributed by atoms with Crippen LogP contribution < -0.4 is 21.2 Å². The van der Waals surface area contributed by atoms with Crippen molar-refractivity contribution in [1.82, 2.24) is 43.7 Å². The molecule has 0 spiro atoms. The van der Waals surface area contributed by atoms with E-state index in [0.29, 0.717) is 42.8 Å². The first-order valence-corrected chi connectivity index (χ1v) is 20.1. The number of benzene rings is 1. The number of rotatable bonds is 10. The fraction of sp³-hybridized carbons (Fsp3) is 0.525. The molecule has 4 aromatic heterocycles. The number of fused-ring (bicyclic) bond motifs is 2. The second kappa shape index (κ2) is 15.4. The molecule has 5 aromatic rings. The van der Waals surface area contributed by atoms with Crippen LogP contribution in [0.5, 0.6) is 0 Å². The quantitative estimate of drug-likeness (QED) is 0.196. The van der Waals surface area contributed by atoms with Gasteiger partial charge in [0.05, 0.1) is 53.6 Å². The third-order valence-corrected chi connectivity index (χ3v) is 12.7. The van der Waals surface area contributed by atoms with Crippen LogP contribution in [0.2, 0.25) is 0 Å². The van der Waals surface area contributed by atoms with E-state index in [2.05, 4.69) is 42.7 Å². The zero-order valence-electron chi connectivity index (χ0n) is 32.5. The summed E-state index contributed by atoms with van der Waals surface area (Å²) in [5.74, 6) is -0.731. The van der Waals surface area contributed by atoms with Crippen molar-refractivity contribution in [2.24, 2.45) is 13.0 Å². The number of carbonyl (C=O) groups excluding carboxylic acids is 3. The first-order chi connectivity index (χ1) is 28.0. The SMILES string of the molecule is CN(C[C@H]1CC[C@H](n2cc(NC(=O)c3cnn4ccc(C5COC5)nc34)c(C(F)F)n2)CC1)C1CCN(c2cccc3c2n(C)c(=O)n3C2CCC(=O)NC2=O)CC1. The summed E-state index contributed by atoms with van der Waals surface area (Å²) in [6.07, 6.45) is 7.62. The Hall–Kier alpha value is -5.49. The maximum absolute atomic E-state index is 14.2. The van der Waals surface area contributed by atoms with E-state index < -0.39 is 30.0 Å². The Morgan fingerprint density at radius 1 is 1.05 bits per heavy atom. The molecule has 0 bridgehead atoms. The predicted molar refractivity (Wildman–Crippen MR) is 209 cm³/mol. The average Bonchev–Trinajstić information content (AvgIpc) is 3.89. The van der Waals surface area contributed by atoms with E-state index in [1.54, 1.807) is 22.5 Å². The highest BCUT2D eigenvalue weighted by atomic mass is 19.3. The number of aryl methyl sites for hydroxylation is 1. The van der Waals surface area contributed by atoms with Crippen LogP contribution in [0.15, 0.2) is 47.7 Å². The zero-order chi connectivity index (χ0) is 40.2. The molecule has 7 heterocycles. The Morgan fingerprint density at radius 3 is 2.53 bits per heavy atom. The molecule has 306 valence electrons. The van der Waals surface area contributed by atoms with Crippen molar-refractivity contribution >= 4 is 45.8 Å². The summed E-state index contributed by atoms with van der Waals surface area (Å²) in [7, 11) is 3.91.